The largest absolute Gasteiger partial charge is 0.423 e. The molecule has 3 aromatic rings. The summed E-state index contributed by atoms with van der Waals surface area (Å²) >= 11 is 1.83. The second-order valence-corrected chi connectivity index (χ2v) is 6.08. The molecule has 0 aliphatic carbocycles. The van der Waals surface area contributed by atoms with E-state index >= 15 is 0 Å². The summed E-state index contributed by atoms with van der Waals surface area (Å²) in [6.07, 6.45) is 1.34. The molecule has 0 fully saturated rings. The Morgan fingerprint density at radius 3 is 2.85 bits per heavy atom. The quantitative estimate of drug-likeness (QED) is 0.786. The fraction of sp³-hybridized carbons (Fsp3) is 0.200. The van der Waals surface area contributed by atoms with Crippen LogP contribution in [0.25, 0.3) is 11.5 Å². The van der Waals surface area contributed by atoms with Crippen LogP contribution in [0.15, 0.2) is 41.1 Å². The molecule has 0 radical (unpaired) electrons. The van der Waals surface area contributed by atoms with Crippen molar-refractivity contribution in [2.75, 3.05) is 5.32 Å². The second kappa shape index (κ2) is 5.46. The number of hydrogen-bond acceptors (Lipinski definition) is 5. The molecule has 2 heterocycles. The van der Waals surface area contributed by atoms with Crippen molar-refractivity contribution < 1.29 is 4.42 Å². The van der Waals surface area contributed by atoms with Gasteiger partial charge in [-0.3, -0.25) is 0 Å². The number of anilines is 1. The van der Waals surface area contributed by atoms with Gasteiger partial charge < -0.3 is 9.73 Å². The van der Waals surface area contributed by atoms with Crippen LogP contribution < -0.4 is 5.32 Å². The van der Waals surface area contributed by atoms with Crippen molar-refractivity contribution in [1.29, 1.82) is 0 Å². The lowest BCUT2D eigenvalue weighted by Crippen LogP contribution is -1.99. The minimum absolute atomic E-state index is 0.538. The van der Waals surface area contributed by atoms with E-state index in [1.54, 1.807) is 0 Å². The lowest BCUT2D eigenvalue weighted by Gasteiger charge is -2.07. The van der Waals surface area contributed by atoms with E-state index in [0.29, 0.717) is 5.89 Å². The van der Waals surface area contributed by atoms with Gasteiger partial charge >= 0.3 is 0 Å². The third-order valence-electron chi connectivity index (χ3n) is 3.10. The van der Waals surface area contributed by atoms with Crippen LogP contribution in [0, 0.1) is 13.8 Å². The van der Waals surface area contributed by atoms with Gasteiger partial charge in [-0.1, -0.05) is 6.07 Å². The summed E-state index contributed by atoms with van der Waals surface area (Å²) in [7, 11) is 0. The number of thiophene rings is 1. The molecule has 0 unspecified atom stereocenters. The monoisotopic (exact) mass is 285 g/mol. The summed E-state index contributed by atoms with van der Waals surface area (Å²) in [5.74, 6) is 0.538. The molecular weight excluding hydrogens is 270 g/mol. The Balaban J connectivity index is 1.75. The van der Waals surface area contributed by atoms with Crippen LogP contribution in [0.4, 0.5) is 5.69 Å². The van der Waals surface area contributed by atoms with Gasteiger partial charge in [-0.05, 0) is 43.7 Å². The second-order valence-electron chi connectivity index (χ2n) is 4.62. The van der Waals surface area contributed by atoms with Gasteiger partial charge in [0, 0.05) is 27.5 Å². The fourth-order valence-electron chi connectivity index (χ4n) is 2.12. The van der Waals surface area contributed by atoms with Crippen molar-refractivity contribution in [2.45, 2.75) is 20.4 Å². The predicted molar refractivity (Wildman–Crippen MR) is 80.9 cm³/mol. The molecule has 5 heteroatoms. The first-order valence-corrected chi connectivity index (χ1v) is 7.20. The predicted octanol–water partition coefficient (Wildman–Crippen LogP) is 4.03. The minimum atomic E-state index is 0.538. The van der Waals surface area contributed by atoms with Crippen LogP contribution >= 0.6 is 11.3 Å². The van der Waals surface area contributed by atoms with E-state index in [1.807, 2.05) is 35.6 Å². The number of nitrogens with zero attached hydrogens (tertiary/aromatic N) is 2. The smallest absolute Gasteiger partial charge is 0.247 e. The highest BCUT2D eigenvalue weighted by atomic mass is 32.1. The molecule has 1 aromatic carbocycles. The van der Waals surface area contributed by atoms with Gasteiger partial charge in [0.1, 0.15) is 0 Å². The van der Waals surface area contributed by atoms with E-state index < -0.39 is 0 Å². The average Bonchev–Trinajstić information content (AvgIpc) is 3.07. The summed E-state index contributed by atoms with van der Waals surface area (Å²) in [4.78, 5) is 2.71. The standard InChI is InChI=1S/C15H15N3OS/c1-10-6-13(11(2)20-10)8-16-14-5-3-4-12(7-14)15-18-17-9-19-15/h3-7,9,16H,8H2,1-2H3. The molecule has 0 aliphatic rings. The molecule has 2 aromatic heterocycles. The average molecular weight is 285 g/mol. The van der Waals surface area contributed by atoms with Gasteiger partial charge in [-0.2, -0.15) is 0 Å². The van der Waals surface area contributed by atoms with Gasteiger partial charge in [-0.25, -0.2) is 0 Å². The maximum absolute atomic E-state index is 5.21. The molecular formula is C15H15N3OS. The Hall–Kier alpha value is -2.14. The number of hydrogen-bond donors (Lipinski definition) is 1. The van der Waals surface area contributed by atoms with Crippen LogP contribution in [0.3, 0.4) is 0 Å². The molecule has 0 aliphatic heterocycles. The van der Waals surface area contributed by atoms with Gasteiger partial charge in [0.2, 0.25) is 12.3 Å². The molecule has 0 saturated carbocycles. The number of aryl methyl sites for hydroxylation is 2. The van der Waals surface area contributed by atoms with Crippen LogP contribution in [-0.4, -0.2) is 10.2 Å². The molecule has 0 bridgehead atoms. The number of benzene rings is 1. The zero-order valence-corrected chi connectivity index (χ0v) is 12.2. The summed E-state index contributed by atoms with van der Waals surface area (Å²) in [6.45, 7) is 5.12. The topological polar surface area (TPSA) is 51.0 Å². The minimum Gasteiger partial charge on any atom is -0.423 e. The Kier molecular flexibility index (Phi) is 3.52. The Bertz CT molecular complexity index is 704. The molecule has 0 spiro atoms. The summed E-state index contributed by atoms with van der Waals surface area (Å²) in [5, 5.41) is 11.1. The molecule has 3 rings (SSSR count). The first-order chi connectivity index (χ1) is 9.72. The Morgan fingerprint density at radius 1 is 1.25 bits per heavy atom. The van der Waals surface area contributed by atoms with E-state index in [1.165, 1.54) is 21.7 Å². The molecule has 102 valence electrons. The molecule has 0 atom stereocenters. The zero-order chi connectivity index (χ0) is 13.9. The zero-order valence-electron chi connectivity index (χ0n) is 11.4. The maximum Gasteiger partial charge on any atom is 0.247 e. The first-order valence-electron chi connectivity index (χ1n) is 6.39. The number of aromatic nitrogens is 2. The normalized spacial score (nSPS) is 10.7. The van der Waals surface area contributed by atoms with Gasteiger partial charge in [0.05, 0.1) is 0 Å². The molecule has 4 nitrogen and oxygen atoms in total. The third kappa shape index (κ3) is 2.72. The molecule has 0 amide bonds. The van der Waals surface area contributed by atoms with Crippen LogP contribution in [0.5, 0.6) is 0 Å². The van der Waals surface area contributed by atoms with Crippen LogP contribution in [-0.2, 0) is 6.54 Å². The highest BCUT2D eigenvalue weighted by molar-refractivity contribution is 7.12. The van der Waals surface area contributed by atoms with Crippen LogP contribution in [0.2, 0.25) is 0 Å². The number of nitrogens with one attached hydrogen (secondary N) is 1. The summed E-state index contributed by atoms with van der Waals surface area (Å²) in [6, 6.07) is 10.2. The fourth-order valence-corrected chi connectivity index (χ4v) is 3.06. The van der Waals surface area contributed by atoms with Crippen molar-refractivity contribution in [3.63, 3.8) is 0 Å². The van der Waals surface area contributed by atoms with Gasteiger partial charge in [-0.15, -0.1) is 21.5 Å². The van der Waals surface area contributed by atoms with Crippen molar-refractivity contribution >= 4 is 17.0 Å². The van der Waals surface area contributed by atoms with E-state index in [2.05, 4.69) is 35.4 Å². The molecule has 20 heavy (non-hydrogen) atoms. The number of rotatable bonds is 4. The van der Waals surface area contributed by atoms with Gasteiger partial charge in [0.25, 0.3) is 0 Å². The van der Waals surface area contributed by atoms with Crippen LogP contribution in [0.1, 0.15) is 15.3 Å². The highest BCUT2D eigenvalue weighted by Gasteiger charge is 2.05. The summed E-state index contributed by atoms with van der Waals surface area (Å²) in [5.41, 5.74) is 3.31. The van der Waals surface area contributed by atoms with Crippen molar-refractivity contribution in [3.8, 4) is 11.5 Å². The van der Waals surface area contributed by atoms with Crippen molar-refractivity contribution in [1.82, 2.24) is 10.2 Å². The van der Waals surface area contributed by atoms with E-state index in [4.69, 9.17) is 4.42 Å². The molecule has 0 saturated heterocycles. The molecule has 1 N–H and O–H groups in total. The van der Waals surface area contributed by atoms with Crippen molar-refractivity contribution in [2.24, 2.45) is 0 Å². The van der Waals surface area contributed by atoms with E-state index in [-0.39, 0.29) is 0 Å². The van der Waals surface area contributed by atoms with E-state index in [9.17, 15) is 0 Å². The van der Waals surface area contributed by atoms with Crippen molar-refractivity contribution in [3.05, 3.63) is 52.0 Å². The Labute approximate surface area is 121 Å². The lowest BCUT2D eigenvalue weighted by atomic mass is 10.2. The first kappa shape index (κ1) is 12.9. The summed E-state index contributed by atoms with van der Waals surface area (Å²) < 4.78 is 5.21. The maximum atomic E-state index is 5.21. The lowest BCUT2D eigenvalue weighted by molar-refractivity contribution is 0.568. The van der Waals surface area contributed by atoms with E-state index in [0.717, 1.165) is 17.8 Å². The highest BCUT2D eigenvalue weighted by Crippen LogP contribution is 2.23. The third-order valence-corrected chi connectivity index (χ3v) is 4.10. The van der Waals surface area contributed by atoms with Gasteiger partial charge in [0.15, 0.2) is 0 Å². The SMILES string of the molecule is Cc1cc(CNc2cccc(-c3nnco3)c2)c(C)s1. The Morgan fingerprint density at radius 2 is 2.15 bits per heavy atom.